The number of aromatic nitrogens is 3. The second-order valence-electron chi connectivity index (χ2n) is 4.17. The fourth-order valence-corrected chi connectivity index (χ4v) is 2.19. The van der Waals surface area contributed by atoms with Crippen molar-refractivity contribution in [3.8, 4) is 5.75 Å². The topological polar surface area (TPSA) is 76.8 Å². The first-order valence-corrected chi connectivity index (χ1v) is 6.49. The largest absolute Gasteiger partial charge is 0.489 e. The molecule has 0 saturated carbocycles. The maximum atomic E-state index is 5.86. The zero-order valence-electron chi connectivity index (χ0n) is 10.6. The van der Waals surface area contributed by atoms with E-state index in [1.165, 1.54) is 11.8 Å². The fourth-order valence-electron chi connectivity index (χ4n) is 1.41. The molecule has 0 aliphatic carbocycles. The summed E-state index contributed by atoms with van der Waals surface area (Å²) in [6, 6.07) is 5.67. The molecule has 1 aromatic heterocycles. The van der Waals surface area contributed by atoms with Crippen molar-refractivity contribution in [2.75, 3.05) is 5.73 Å². The van der Waals surface area contributed by atoms with Gasteiger partial charge in [0.2, 0.25) is 5.16 Å². The lowest BCUT2D eigenvalue weighted by molar-refractivity contribution is 0.243. The van der Waals surface area contributed by atoms with Gasteiger partial charge in [-0.25, -0.2) is 4.98 Å². The zero-order valence-corrected chi connectivity index (χ0v) is 11.4. The lowest BCUT2D eigenvalue weighted by Gasteiger charge is -2.12. The molecule has 0 amide bonds. The van der Waals surface area contributed by atoms with Crippen LogP contribution >= 0.6 is 11.8 Å². The summed E-state index contributed by atoms with van der Waals surface area (Å²) in [7, 11) is 0. The Morgan fingerprint density at radius 1 is 1.39 bits per heavy atom. The molecule has 2 aromatic rings. The average molecular weight is 264 g/mol. The fraction of sp³-hybridized carbons (Fsp3) is 0.333. The highest BCUT2D eigenvalue weighted by Gasteiger charge is 2.08. The molecule has 0 unspecified atom stereocenters. The van der Waals surface area contributed by atoms with Crippen LogP contribution in [-0.4, -0.2) is 21.3 Å². The van der Waals surface area contributed by atoms with Gasteiger partial charge in [0.25, 0.3) is 0 Å². The van der Waals surface area contributed by atoms with Crippen LogP contribution in [0.3, 0.4) is 0 Å². The average Bonchev–Trinajstić information content (AvgIpc) is 2.68. The van der Waals surface area contributed by atoms with Crippen molar-refractivity contribution in [2.45, 2.75) is 36.9 Å². The third-order valence-electron chi connectivity index (χ3n) is 2.13. The van der Waals surface area contributed by atoms with Crippen LogP contribution in [-0.2, 0) is 0 Å². The summed E-state index contributed by atoms with van der Waals surface area (Å²) in [5, 5.41) is 7.58. The van der Waals surface area contributed by atoms with E-state index < -0.39 is 0 Å². The number of nitrogens with two attached hydrogens (primary N) is 1. The lowest BCUT2D eigenvalue weighted by Crippen LogP contribution is -2.07. The van der Waals surface area contributed by atoms with Crippen LogP contribution in [0.1, 0.15) is 19.7 Å². The highest BCUT2D eigenvalue weighted by molar-refractivity contribution is 7.99. The van der Waals surface area contributed by atoms with E-state index in [2.05, 4.69) is 15.2 Å². The second kappa shape index (κ2) is 5.30. The summed E-state index contributed by atoms with van der Waals surface area (Å²) in [6.07, 6.45) is 0.0957. The standard InChI is InChI=1S/C12H16N4OS/c1-7(2)17-11-6-9(4-5-10(11)13)18-12-14-8(3)15-16-12/h4-7H,13H2,1-3H3,(H,14,15,16). The van der Waals surface area contributed by atoms with Gasteiger partial charge in [-0.3, -0.25) is 5.10 Å². The molecule has 18 heavy (non-hydrogen) atoms. The monoisotopic (exact) mass is 264 g/mol. The summed E-state index contributed by atoms with van der Waals surface area (Å²) in [5.41, 5.74) is 6.50. The molecule has 0 aliphatic rings. The first-order chi connectivity index (χ1) is 8.54. The highest BCUT2D eigenvalue weighted by atomic mass is 32.2. The van der Waals surface area contributed by atoms with Crippen molar-refractivity contribution >= 4 is 17.4 Å². The van der Waals surface area contributed by atoms with Crippen molar-refractivity contribution in [3.05, 3.63) is 24.0 Å². The van der Waals surface area contributed by atoms with Gasteiger partial charge in [-0.1, -0.05) is 0 Å². The predicted octanol–water partition coefficient (Wildman–Crippen LogP) is 2.63. The van der Waals surface area contributed by atoms with Gasteiger partial charge in [0.1, 0.15) is 11.6 Å². The Hall–Kier alpha value is -1.69. The molecule has 1 heterocycles. The van der Waals surface area contributed by atoms with E-state index in [1.807, 2.05) is 39.0 Å². The molecule has 96 valence electrons. The molecule has 0 bridgehead atoms. The smallest absolute Gasteiger partial charge is 0.213 e. The molecule has 0 saturated heterocycles. The molecule has 6 heteroatoms. The van der Waals surface area contributed by atoms with Crippen LogP contribution < -0.4 is 10.5 Å². The number of benzene rings is 1. The molecule has 0 aliphatic heterocycles. The van der Waals surface area contributed by atoms with Crippen LogP contribution in [0.4, 0.5) is 5.69 Å². The number of nitrogens with one attached hydrogen (secondary N) is 1. The molecule has 5 nitrogen and oxygen atoms in total. The van der Waals surface area contributed by atoms with Gasteiger partial charge in [-0.05, 0) is 50.7 Å². The van der Waals surface area contributed by atoms with Crippen molar-refractivity contribution in [2.24, 2.45) is 0 Å². The quantitative estimate of drug-likeness (QED) is 0.830. The maximum Gasteiger partial charge on any atom is 0.213 e. The molecule has 0 radical (unpaired) electrons. The number of nitrogens with zero attached hydrogens (tertiary/aromatic N) is 2. The van der Waals surface area contributed by atoms with Gasteiger partial charge in [0.15, 0.2) is 0 Å². The summed E-state index contributed by atoms with van der Waals surface area (Å²) in [4.78, 5) is 5.24. The Bertz CT molecular complexity index is 539. The minimum atomic E-state index is 0.0957. The van der Waals surface area contributed by atoms with Gasteiger partial charge < -0.3 is 10.5 Å². The number of H-pyrrole nitrogens is 1. The Morgan fingerprint density at radius 2 is 2.17 bits per heavy atom. The molecule has 1 aromatic carbocycles. The summed E-state index contributed by atoms with van der Waals surface area (Å²) in [5.74, 6) is 1.49. The van der Waals surface area contributed by atoms with Gasteiger partial charge in [0, 0.05) is 4.90 Å². The van der Waals surface area contributed by atoms with Gasteiger partial charge in [-0.15, -0.1) is 5.10 Å². The first-order valence-electron chi connectivity index (χ1n) is 5.67. The van der Waals surface area contributed by atoms with Crippen LogP contribution in [0, 0.1) is 6.92 Å². The number of ether oxygens (including phenoxy) is 1. The SMILES string of the molecule is Cc1nc(Sc2ccc(N)c(OC(C)C)c2)n[nH]1. The number of hydrogen-bond donors (Lipinski definition) is 2. The van der Waals surface area contributed by atoms with E-state index in [0.717, 1.165) is 10.7 Å². The van der Waals surface area contributed by atoms with Gasteiger partial charge >= 0.3 is 0 Å². The van der Waals surface area contributed by atoms with E-state index in [9.17, 15) is 0 Å². The highest BCUT2D eigenvalue weighted by Crippen LogP contribution is 2.31. The van der Waals surface area contributed by atoms with Gasteiger partial charge in [-0.2, -0.15) is 0 Å². The molecule has 2 rings (SSSR count). The van der Waals surface area contributed by atoms with E-state index in [0.29, 0.717) is 16.6 Å². The third kappa shape index (κ3) is 3.16. The summed E-state index contributed by atoms with van der Waals surface area (Å²) in [6.45, 7) is 5.81. The van der Waals surface area contributed by atoms with E-state index in [4.69, 9.17) is 10.5 Å². The lowest BCUT2D eigenvalue weighted by atomic mass is 10.3. The Balaban J connectivity index is 2.18. The molecular formula is C12H16N4OS. The predicted molar refractivity (Wildman–Crippen MR) is 71.9 cm³/mol. The number of anilines is 1. The minimum absolute atomic E-state index is 0.0957. The number of hydrogen-bond acceptors (Lipinski definition) is 5. The van der Waals surface area contributed by atoms with Crippen molar-refractivity contribution < 1.29 is 4.74 Å². The molecular weight excluding hydrogens is 248 g/mol. The minimum Gasteiger partial charge on any atom is -0.489 e. The van der Waals surface area contributed by atoms with Gasteiger partial charge in [0.05, 0.1) is 11.8 Å². The van der Waals surface area contributed by atoms with Crippen molar-refractivity contribution in [1.29, 1.82) is 0 Å². The van der Waals surface area contributed by atoms with Crippen molar-refractivity contribution in [3.63, 3.8) is 0 Å². The first kappa shape index (κ1) is 12.8. The Morgan fingerprint density at radius 3 is 2.78 bits per heavy atom. The van der Waals surface area contributed by atoms with Crippen molar-refractivity contribution in [1.82, 2.24) is 15.2 Å². The molecule has 0 spiro atoms. The van der Waals surface area contributed by atoms with E-state index in [1.54, 1.807) is 0 Å². The summed E-state index contributed by atoms with van der Waals surface area (Å²) < 4.78 is 5.64. The van der Waals surface area contributed by atoms with Crippen LogP contribution in [0.15, 0.2) is 28.3 Å². The Labute approximate surface area is 110 Å². The zero-order chi connectivity index (χ0) is 13.1. The van der Waals surface area contributed by atoms with E-state index >= 15 is 0 Å². The number of rotatable bonds is 4. The number of nitrogen functional groups attached to an aromatic ring is 1. The number of aromatic amines is 1. The number of aryl methyl sites for hydroxylation is 1. The van der Waals surface area contributed by atoms with Crippen LogP contribution in [0.2, 0.25) is 0 Å². The third-order valence-corrected chi connectivity index (χ3v) is 2.99. The molecule has 0 fully saturated rings. The maximum absolute atomic E-state index is 5.86. The summed E-state index contributed by atoms with van der Waals surface area (Å²) >= 11 is 1.47. The van der Waals surface area contributed by atoms with Crippen LogP contribution in [0.25, 0.3) is 0 Å². The van der Waals surface area contributed by atoms with E-state index in [-0.39, 0.29) is 6.10 Å². The Kier molecular flexibility index (Phi) is 3.76. The molecule has 0 atom stereocenters. The second-order valence-corrected chi connectivity index (χ2v) is 5.21. The normalized spacial score (nSPS) is 10.9. The molecule has 3 N–H and O–H groups in total. The van der Waals surface area contributed by atoms with Crippen LogP contribution in [0.5, 0.6) is 5.75 Å².